The third-order valence-electron chi connectivity index (χ3n) is 4.26. The quantitative estimate of drug-likeness (QED) is 0.783. The van der Waals surface area contributed by atoms with Crippen LogP contribution in [-0.2, 0) is 0 Å². The maximum atomic E-state index is 4.46. The molecule has 0 amide bonds. The van der Waals surface area contributed by atoms with Gasteiger partial charge in [-0.15, -0.1) is 0 Å². The van der Waals surface area contributed by atoms with Gasteiger partial charge in [-0.25, -0.2) is 9.97 Å². The van der Waals surface area contributed by atoms with Gasteiger partial charge >= 0.3 is 0 Å². The lowest BCUT2D eigenvalue weighted by atomic mass is 9.98. The lowest BCUT2D eigenvalue weighted by molar-refractivity contribution is 0.774. The van der Waals surface area contributed by atoms with Gasteiger partial charge in [-0.3, -0.25) is 5.10 Å². The molecule has 0 saturated carbocycles. The van der Waals surface area contributed by atoms with E-state index >= 15 is 0 Å². The molecule has 3 heterocycles. The van der Waals surface area contributed by atoms with Gasteiger partial charge in [0.15, 0.2) is 5.65 Å². The Morgan fingerprint density at radius 2 is 2.05 bits per heavy atom. The van der Waals surface area contributed by atoms with Gasteiger partial charge in [0, 0.05) is 19.0 Å². The highest BCUT2D eigenvalue weighted by Crippen LogP contribution is 2.32. The normalized spacial score (nSPS) is 18.5. The molecule has 0 spiro atoms. The first kappa shape index (κ1) is 12.3. The predicted octanol–water partition coefficient (Wildman–Crippen LogP) is 2.66. The molecule has 3 aromatic rings. The summed E-state index contributed by atoms with van der Waals surface area (Å²) in [6.45, 7) is 4.15. The Hall–Kier alpha value is -2.43. The summed E-state index contributed by atoms with van der Waals surface area (Å²) in [5.74, 6) is 1.56. The minimum atomic E-state index is 0.572. The summed E-state index contributed by atoms with van der Waals surface area (Å²) in [4.78, 5) is 11.0. The van der Waals surface area contributed by atoms with Crippen LogP contribution < -0.4 is 4.90 Å². The highest BCUT2D eigenvalue weighted by molar-refractivity contribution is 5.86. The van der Waals surface area contributed by atoms with Crippen molar-refractivity contribution in [1.82, 2.24) is 20.2 Å². The van der Waals surface area contributed by atoms with Crippen LogP contribution in [0, 0.1) is 6.92 Å². The molecule has 1 N–H and O–H groups in total. The van der Waals surface area contributed by atoms with Gasteiger partial charge in [-0.1, -0.05) is 29.8 Å². The van der Waals surface area contributed by atoms with Gasteiger partial charge < -0.3 is 4.90 Å². The Balaban J connectivity index is 1.61. The molecule has 1 saturated heterocycles. The maximum absolute atomic E-state index is 4.46. The minimum absolute atomic E-state index is 0.572. The van der Waals surface area contributed by atoms with Crippen molar-refractivity contribution in [2.45, 2.75) is 19.3 Å². The van der Waals surface area contributed by atoms with E-state index < -0.39 is 0 Å². The van der Waals surface area contributed by atoms with Crippen LogP contribution in [0.15, 0.2) is 36.8 Å². The van der Waals surface area contributed by atoms with Crippen LogP contribution in [0.5, 0.6) is 0 Å². The zero-order valence-electron chi connectivity index (χ0n) is 12.0. The fourth-order valence-electron chi connectivity index (χ4n) is 3.07. The van der Waals surface area contributed by atoms with E-state index in [1.54, 1.807) is 6.33 Å². The number of aromatic nitrogens is 4. The lowest BCUT2D eigenvalue weighted by Crippen LogP contribution is -2.20. The van der Waals surface area contributed by atoms with Crippen molar-refractivity contribution in [3.8, 4) is 0 Å². The molecule has 5 heteroatoms. The van der Waals surface area contributed by atoms with Gasteiger partial charge in [-0.2, -0.15) is 5.10 Å². The molecule has 4 rings (SSSR count). The molecular weight excluding hydrogens is 262 g/mol. The third-order valence-corrected chi connectivity index (χ3v) is 4.26. The number of nitrogens with one attached hydrogen (secondary N) is 1. The Bertz CT molecular complexity index is 762. The van der Waals surface area contributed by atoms with Crippen LogP contribution in [0.3, 0.4) is 0 Å². The molecule has 1 aliphatic heterocycles. The molecule has 106 valence electrons. The van der Waals surface area contributed by atoms with Crippen molar-refractivity contribution in [2.75, 3.05) is 18.0 Å². The summed E-state index contributed by atoms with van der Waals surface area (Å²) in [7, 11) is 0. The largest absolute Gasteiger partial charge is 0.355 e. The fraction of sp³-hybridized carbons (Fsp3) is 0.312. The highest BCUT2D eigenvalue weighted by Gasteiger charge is 2.26. The number of H-pyrrole nitrogens is 1. The molecule has 5 nitrogen and oxygen atoms in total. The van der Waals surface area contributed by atoms with Crippen LogP contribution >= 0.6 is 0 Å². The number of fused-ring (bicyclic) bond motifs is 1. The van der Waals surface area contributed by atoms with Crippen LogP contribution in [0.4, 0.5) is 5.82 Å². The summed E-state index contributed by atoms with van der Waals surface area (Å²) in [5.41, 5.74) is 3.53. The van der Waals surface area contributed by atoms with Gasteiger partial charge in [-0.05, 0) is 18.9 Å². The summed E-state index contributed by atoms with van der Waals surface area (Å²) >= 11 is 0. The van der Waals surface area contributed by atoms with Crippen LogP contribution in [0.1, 0.15) is 23.5 Å². The second-order valence-corrected chi connectivity index (χ2v) is 5.67. The Morgan fingerprint density at radius 1 is 1.19 bits per heavy atom. The summed E-state index contributed by atoms with van der Waals surface area (Å²) in [6, 6.07) is 8.88. The second kappa shape index (κ2) is 4.84. The van der Waals surface area contributed by atoms with E-state index in [1.807, 2.05) is 6.20 Å². The number of nitrogens with zero attached hydrogens (tertiary/aromatic N) is 4. The van der Waals surface area contributed by atoms with E-state index in [2.05, 4.69) is 56.3 Å². The van der Waals surface area contributed by atoms with Crippen LogP contribution in [0.2, 0.25) is 0 Å². The van der Waals surface area contributed by atoms with Crippen molar-refractivity contribution in [1.29, 1.82) is 0 Å². The van der Waals surface area contributed by atoms with Crippen molar-refractivity contribution in [2.24, 2.45) is 0 Å². The Labute approximate surface area is 123 Å². The zero-order valence-corrected chi connectivity index (χ0v) is 12.0. The van der Waals surface area contributed by atoms with Crippen molar-refractivity contribution in [3.63, 3.8) is 0 Å². The number of aryl methyl sites for hydroxylation is 1. The number of hydrogen-bond acceptors (Lipinski definition) is 4. The average molecular weight is 279 g/mol. The van der Waals surface area contributed by atoms with Gasteiger partial charge in [0.25, 0.3) is 0 Å². The van der Waals surface area contributed by atoms with Crippen molar-refractivity contribution < 1.29 is 0 Å². The topological polar surface area (TPSA) is 57.7 Å². The van der Waals surface area contributed by atoms with Crippen molar-refractivity contribution >= 4 is 16.9 Å². The second-order valence-electron chi connectivity index (χ2n) is 5.67. The summed E-state index contributed by atoms with van der Waals surface area (Å²) in [6.07, 6.45) is 4.57. The van der Waals surface area contributed by atoms with Crippen LogP contribution in [-0.4, -0.2) is 33.3 Å². The lowest BCUT2D eigenvalue weighted by Gasteiger charge is -2.18. The van der Waals surface area contributed by atoms with Gasteiger partial charge in [0.1, 0.15) is 12.1 Å². The smallest absolute Gasteiger partial charge is 0.160 e. The average Bonchev–Trinajstić information content (AvgIpc) is 3.16. The minimum Gasteiger partial charge on any atom is -0.355 e. The molecule has 21 heavy (non-hydrogen) atoms. The van der Waals surface area contributed by atoms with Gasteiger partial charge in [0.2, 0.25) is 0 Å². The van der Waals surface area contributed by atoms with E-state index in [9.17, 15) is 0 Å². The van der Waals surface area contributed by atoms with E-state index in [1.165, 1.54) is 11.1 Å². The first-order valence-electron chi connectivity index (χ1n) is 7.27. The molecule has 1 unspecified atom stereocenters. The van der Waals surface area contributed by atoms with Crippen molar-refractivity contribution in [3.05, 3.63) is 47.9 Å². The molecule has 0 radical (unpaired) electrons. The molecule has 1 fully saturated rings. The predicted molar refractivity (Wildman–Crippen MR) is 82.4 cm³/mol. The summed E-state index contributed by atoms with van der Waals surface area (Å²) in [5, 5.41) is 7.97. The van der Waals surface area contributed by atoms with E-state index in [0.717, 1.165) is 36.4 Å². The maximum Gasteiger partial charge on any atom is 0.160 e. The number of rotatable bonds is 2. The summed E-state index contributed by atoms with van der Waals surface area (Å²) < 4.78 is 0. The fourth-order valence-corrected chi connectivity index (χ4v) is 3.07. The number of anilines is 1. The number of benzene rings is 1. The van der Waals surface area contributed by atoms with E-state index in [4.69, 9.17) is 0 Å². The SMILES string of the molecule is Cc1ccc(C2CCN(c3ncnc4[nH]ncc34)C2)cc1. The molecule has 1 atom stereocenters. The Morgan fingerprint density at radius 3 is 2.90 bits per heavy atom. The molecule has 0 bridgehead atoms. The Kier molecular flexibility index (Phi) is 2.84. The monoisotopic (exact) mass is 279 g/mol. The first-order chi connectivity index (χ1) is 10.3. The highest BCUT2D eigenvalue weighted by atomic mass is 15.2. The standard InChI is InChI=1S/C16H17N5/c1-11-2-4-12(5-3-11)13-6-7-21(9-13)16-14-8-19-20-15(14)17-10-18-16/h2-5,8,10,13H,6-7,9H2,1H3,(H,17,18,19,20). The van der Waals surface area contributed by atoms with Crippen LogP contribution in [0.25, 0.3) is 11.0 Å². The molecule has 1 aliphatic rings. The van der Waals surface area contributed by atoms with Gasteiger partial charge in [0.05, 0.1) is 11.6 Å². The molecule has 1 aromatic carbocycles. The zero-order chi connectivity index (χ0) is 14.2. The number of aromatic amines is 1. The third kappa shape index (κ3) is 2.14. The molecular formula is C16H17N5. The first-order valence-corrected chi connectivity index (χ1v) is 7.27. The van der Waals surface area contributed by atoms with E-state index in [0.29, 0.717) is 5.92 Å². The van der Waals surface area contributed by atoms with E-state index in [-0.39, 0.29) is 0 Å². The number of hydrogen-bond donors (Lipinski definition) is 1. The molecule has 0 aliphatic carbocycles. The molecule has 2 aromatic heterocycles.